The van der Waals surface area contributed by atoms with Crippen LogP contribution in [0.1, 0.15) is 169 Å². The summed E-state index contributed by atoms with van der Waals surface area (Å²) in [6.45, 7) is 8.89. The molecule has 0 atom stereocenters. The Bertz CT molecular complexity index is 620. The Kier molecular flexibility index (Phi) is 27.2. The van der Waals surface area contributed by atoms with E-state index in [2.05, 4.69) is 13.8 Å². The van der Waals surface area contributed by atoms with Crippen LogP contribution in [0.2, 0.25) is 0 Å². The molecule has 0 aliphatic rings. The number of carbonyl (C=O) groups excluding carboxylic acids is 2. The zero-order valence-electron chi connectivity index (χ0n) is 25.8. The summed E-state index contributed by atoms with van der Waals surface area (Å²) in [6, 6.07) is 0. The van der Waals surface area contributed by atoms with Gasteiger partial charge in [0.05, 0.1) is 13.2 Å². The van der Waals surface area contributed by atoms with E-state index in [0.29, 0.717) is 24.4 Å². The van der Waals surface area contributed by atoms with E-state index in [9.17, 15) is 9.59 Å². The second kappa shape index (κ2) is 28.4. The Morgan fingerprint density at radius 2 is 0.658 bits per heavy atom. The summed E-state index contributed by atoms with van der Waals surface area (Å²) < 4.78 is 10.7. The van der Waals surface area contributed by atoms with Crippen LogP contribution in [-0.2, 0) is 19.1 Å². The summed E-state index contributed by atoms with van der Waals surface area (Å²) in [7, 11) is 0. The topological polar surface area (TPSA) is 52.6 Å². The summed E-state index contributed by atoms with van der Waals surface area (Å²) in [6.07, 6.45) is 31.3. The van der Waals surface area contributed by atoms with Gasteiger partial charge in [-0.05, 0) is 26.7 Å². The molecule has 4 nitrogen and oxygen atoms in total. The van der Waals surface area contributed by atoms with E-state index in [1.165, 1.54) is 116 Å². The van der Waals surface area contributed by atoms with Crippen molar-refractivity contribution in [2.75, 3.05) is 13.2 Å². The van der Waals surface area contributed by atoms with Crippen molar-refractivity contribution in [3.8, 4) is 0 Å². The predicted molar refractivity (Wildman–Crippen MR) is 162 cm³/mol. The Hall–Kier alpha value is -1.58. The Labute approximate surface area is 236 Å². The highest BCUT2D eigenvalue weighted by Crippen LogP contribution is 2.13. The number of esters is 2. The van der Waals surface area contributed by atoms with Gasteiger partial charge in [0.2, 0.25) is 0 Å². The van der Waals surface area contributed by atoms with Crippen LogP contribution in [0.25, 0.3) is 0 Å². The minimum Gasteiger partial charge on any atom is -0.462 e. The van der Waals surface area contributed by atoms with Gasteiger partial charge in [-0.15, -0.1) is 0 Å². The number of rotatable bonds is 27. The van der Waals surface area contributed by atoms with Crippen LogP contribution < -0.4 is 0 Å². The van der Waals surface area contributed by atoms with Crippen molar-refractivity contribution < 1.29 is 19.1 Å². The highest BCUT2D eigenvalue weighted by atomic mass is 16.5. The third-order valence-corrected chi connectivity index (χ3v) is 7.19. The van der Waals surface area contributed by atoms with Gasteiger partial charge in [-0.25, -0.2) is 9.59 Å². The molecule has 0 spiro atoms. The monoisotopic (exact) mass is 534 g/mol. The maximum Gasteiger partial charge on any atom is 0.333 e. The van der Waals surface area contributed by atoms with E-state index in [0.717, 1.165) is 25.7 Å². The second-order valence-corrected chi connectivity index (χ2v) is 11.0. The van der Waals surface area contributed by atoms with Crippen LogP contribution >= 0.6 is 0 Å². The number of carbonyl (C=O) groups is 2. The van der Waals surface area contributed by atoms with Gasteiger partial charge in [0.1, 0.15) is 0 Å². The summed E-state index contributed by atoms with van der Waals surface area (Å²) >= 11 is 0. The molecule has 0 heterocycles. The van der Waals surface area contributed by atoms with E-state index in [1.54, 1.807) is 26.0 Å². The lowest BCUT2D eigenvalue weighted by molar-refractivity contribution is -0.140. The molecular formula is C34H62O4. The highest BCUT2D eigenvalue weighted by molar-refractivity contribution is 5.90. The second-order valence-electron chi connectivity index (χ2n) is 11.0. The van der Waals surface area contributed by atoms with Crippen molar-refractivity contribution in [3.63, 3.8) is 0 Å². The lowest BCUT2D eigenvalue weighted by Gasteiger charge is -2.06. The van der Waals surface area contributed by atoms with Gasteiger partial charge in [-0.3, -0.25) is 0 Å². The normalized spacial score (nSPS) is 12.1. The smallest absolute Gasteiger partial charge is 0.333 e. The summed E-state index contributed by atoms with van der Waals surface area (Å²) in [5.74, 6) is -0.620. The molecular weight excluding hydrogens is 472 g/mol. The first-order valence-electron chi connectivity index (χ1n) is 16.2. The molecule has 0 aromatic heterocycles. The van der Waals surface area contributed by atoms with Crippen molar-refractivity contribution in [2.24, 2.45) is 0 Å². The van der Waals surface area contributed by atoms with E-state index in [4.69, 9.17) is 9.47 Å². The maximum absolute atomic E-state index is 12.2. The summed E-state index contributed by atoms with van der Waals surface area (Å²) in [5, 5.41) is 0. The number of ether oxygens (including phenoxy) is 2. The lowest BCUT2D eigenvalue weighted by Crippen LogP contribution is -2.08. The summed E-state index contributed by atoms with van der Waals surface area (Å²) in [4.78, 5) is 24.3. The van der Waals surface area contributed by atoms with Crippen molar-refractivity contribution >= 4 is 11.9 Å². The van der Waals surface area contributed by atoms with Gasteiger partial charge >= 0.3 is 11.9 Å². The number of hydrogen-bond donors (Lipinski definition) is 0. The first-order chi connectivity index (χ1) is 18.5. The van der Waals surface area contributed by atoms with Crippen molar-refractivity contribution in [1.29, 1.82) is 0 Å². The highest BCUT2D eigenvalue weighted by Gasteiger charge is 2.07. The van der Waals surface area contributed by atoms with E-state index < -0.39 is 0 Å². The first kappa shape index (κ1) is 36.4. The zero-order valence-corrected chi connectivity index (χ0v) is 25.8. The van der Waals surface area contributed by atoms with E-state index in [1.807, 2.05) is 0 Å². The van der Waals surface area contributed by atoms with Gasteiger partial charge < -0.3 is 9.47 Å². The van der Waals surface area contributed by atoms with E-state index in [-0.39, 0.29) is 11.9 Å². The fraction of sp³-hybridized carbons (Fsp3) is 0.824. The maximum atomic E-state index is 12.2. The van der Waals surface area contributed by atoms with Crippen LogP contribution in [0.4, 0.5) is 0 Å². The van der Waals surface area contributed by atoms with Crippen molar-refractivity contribution in [1.82, 2.24) is 0 Å². The molecule has 0 aromatic carbocycles. The quantitative estimate of drug-likeness (QED) is 0.0455. The fourth-order valence-corrected chi connectivity index (χ4v) is 4.48. The van der Waals surface area contributed by atoms with Gasteiger partial charge in [-0.2, -0.15) is 0 Å². The van der Waals surface area contributed by atoms with E-state index >= 15 is 0 Å². The Morgan fingerprint density at radius 1 is 0.421 bits per heavy atom. The fourth-order valence-electron chi connectivity index (χ4n) is 4.48. The van der Waals surface area contributed by atoms with Crippen LogP contribution in [0.15, 0.2) is 23.3 Å². The predicted octanol–water partition coefficient (Wildman–Crippen LogP) is 10.6. The van der Waals surface area contributed by atoms with Crippen LogP contribution in [-0.4, -0.2) is 25.2 Å². The number of hydrogen-bond acceptors (Lipinski definition) is 4. The minimum absolute atomic E-state index is 0.309. The SMILES string of the molecule is CCCCCCCCCCCCCCOC(=O)/C(C)=C/C=C(\C)C(=O)OCCCCCCCCCCCC. The molecule has 0 unspecified atom stereocenters. The molecule has 0 bridgehead atoms. The average molecular weight is 535 g/mol. The van der Waals surface area contributed by atoms with Crippen LogP contribution in [0.5, 0.6) is 0 Å². The molecule has 0 N–H and O–H groups in total. The van der Waals surface area contributed by atoms with Crippen LogP contribution in [0.3, 0.4) is 0 Å². The zero-order chi connectivity index (χ0) is 28.1. The molecule has 0 radical (unpaired) electrons. The lowest BCUT2D eigenvalue weighted by atomic mass is 10.1. The molecule has 4 heteroatoms. The van der Waals surface area contributed by atoms with Gasteiger partial charge in [0.25, 0.3) is 0 Å². The largest absolute Gasteiger partial charge is 0.462 e. The minimum atomic E-state index is -0.310. The van der Waals surface area contributed by atoms with Gasteiger partial charge in [0, 0.05) is 11.1 Å². The first-order valence-corrected chi connectivity index (χ1v) is 16.2. The third kappa shape index (κ3) is 24.7. The standard InChI is InChI=1S/C34H62O4/c1-5-7-9-11-13-15-17-18-20-22-24-26-30-38-34(36)32(4)28-27-31(3)33(35)37-29-25-23-21-19-16-14-12-10-8-6-2/h27-28H,5-26,29-30H2,1-4H3/b31-27+,32-28+. The van der Waals surface area contributed by atoms with Crippen molar-refractivity contribution in [2.45, 2.75) is 169 Å². The summed E-state index contributed by atoms with van der Waals surface area (Å²) in [5.41, 5.74) is 1.01. The average Bonchev–Trinajstić information content (AvgIpc) is 2.92. The molecule has 0 saturated heterocycles. The van der Waals surface area contributed by atoms with Crippen LogP contribution in [0, 0.1) is 0 Å². The van der Waals surface area contributed by atoms with Crippen molar-refractivity contribution in [3.05, 3.63) is 23.3 Å². The molecule has 0 aromatic rings. The molecule has 0 amide bonds. The molecule has 0 fully saturated rings. The molecule has 0 saturated carbocycles. The number of allylic oxidation sites excluding steroid dienone is 2. The molecule has 0 aliphatic heterocycles. The molecule has 38 heavy (non-hydrogen) atoms. The Balaban J connectivity index is 3.75. The third-order valence-electron chi connectivity index (χ3n) is 7.19. The Morgan fingerprint density at radius 3 is 0.921 bits per heavy atom. The number of unbranched alkanes of at least 4 members (excludes halogenated alkanes) is 20. The van der Waals surface area contributed by atoms with Gasteiger partial charge in [0.15, 0.2) is 0 Å². The molecule has 222 valence electrons. The van der Waals surface area contributed by atoms with Gasteiger partial charge in [-0.1, -0.05) is 154 Å². The molecule has 0 rings (SSSR count). The molecule has 0 aliphatic carbocycles.